The Balaban J connectivity index is 1.28. The van der Waals surface area contributed by atoms with Crippen LogP contribution in [0.3, 0.4) is 0 Å². The Morgan fingerprint density at radius 3 is 2.56 bits per heavy atom. The average Bonchev–Trinajstić information content (AvgIpc) is 3.29. The number of hydrogen-bond acceptors (Lipinski definition) is 7. The highest BCUT2D eigenvalue weighted by atomic mass is 79.9. The maximum Gasteiger partial charge on any atom is 0.270 e. The van der Waals surface area contributed by atoms with Crippen LogP contribution in [0.15, 0.2) is 64.3 Å². The number of aromatic nitrogens is 4. The lowest BCUT2D eigenvalue weighted by Gasteiger charge is -2.38. The summed E-state index contributed by atoms with van der Waals surface area (Å²) in [4.78, 5) is 30.2. The molecule has 12 heteroatoms. The van der Waals surface area contributed by atoms with Crippen molar-refractivity contribution >= 4 is 32.7 Å². The van der Waals surface area contributed by atoms with E-state index in [9.17, 15) is 24.4 Å². The van der Waals surface area contributed by atoms with Crippen molar-refractivity contribution in [2.75, 3.05) is 13.1 Å². The van der Waals surface area contributed by atoms with E-state index in [1.165, 1.54) is 46.0 Å². The number of non-ortho nitro benzene ring substituents is 1. The lowest BCUT2D eigenvalue weighted by molar-refractivity contribution is -0.384. The molecule has 4 aromatic rings. The summed E-state index contributed by atoms with van der Waals surface area (Å²) >= 11 is 3.41. The topological polar surface area (TPSA) is 119 Å². The average molecular weight is 557 g/mol. The third-order valence-corrected chi connectivity index (χ3v) is 7.26. The molecule has 0 unspecified atom stereocenters. The molecule has 2 aromatic heterocycles. The summed E-state index contributed by atoms with van der Waals surface area (Å²) in [7, 11) is 0. The van der Waals surface area contributed by atoms with E-state index in [2.05, 4.69) is 30.9 Å². The highest BCUT2D eigenvalue weighted by molar-refractivity contribution is 9.10. The van der Waals surface area contributed by atoms with Gasteiger partial charge in [-0.3, -0.25) is 24.4 Å². The van der Waals surface area contributed by atoms with Gasteiger partial charge in [0.1, 0.15) is 17.5 Å². The lowest BCUT2D eigenvalue weighted by atomic mass is 9.91. The Morgan fingerprint density at radius 2 is 1.89 bits per heavy atom. The summed E-state index contributed by atoms with van der Waals surface area (Å²) in [6.07, 6.45) is 3.75. The number of likely N-dealkylation sites (tertiary alicyclic amines) is 1. The van der Waals surface area contributed by atoms with Crippen LogP contribution < -0.4 is 5.56 Å². The maximum absolute atomic E-state index is 13.3. The van der Waals surface area contributed by atoms with Crippen molar-refractivity contribution in [3.63, 3.8) is 0 Å². The second-order valence-corrected chi connectivity index (χ2v) is 9.84. The zero-order valence-electron chi connectivity index (χ0n) is 19.0. The molecular weight excluding hydrogens is 535 g/mol. The van der Waals surface area contributed by atoms with E-state index in [4.69, 9.17) is 0 Å². The van der Waals surface area contributed by atoms with Gasteiger partial charge in [0.15, 0.2) is 5.65 Å². The SMILES string of the molecule is O=c1c2cnn(-c3ccc(F)cc3)c2ncn1CC1(O)CCN(Cc2ccc([N+](=O)[O-])cc2Br)CC1. The third-order valence-electron chi connectivity index (χ3n) is 6.52. The van der Waals surface area contributed by atoms with Crippen molar-refractivity contribution in [3.05, 3.63) is 91.3 Å². The second kappa shape index (κ2) is 9.52. The standard InChI is InChI=1S/C24H22BrFN6O4/c25-21-11-19(32(35)36)4-1-16(21)13-29-9-7-24(34,8-10-29)14-30-15-27-22-20(23(30)33)12-28-31(22)18-5-2-17(26)3-6-18/h1-6,11-12,15,34H,7-10,13-14H2. The smallest absolute Gasteiger partial charge is 0.270 e. The van der Waals surface area contributed by atoms with Crippen LogP contribution in [-0.4, -0.2) is 53.0 Å². The number of rotatable bonds is 6. The second-order valence-electron chi connectivity index (χ2n) is 8.98. The summed E-state index contributed by atoms with van der Waals surface area (Å²) in [5.74, 6) is -0.370. The highest BCUT2D eigenvalue weighted by Crippen LogP contribution is 2.28. The fourth-order valence-corrected chi connectivity index (χ4v) is 4.95. The third kappa shape index (κ3) is 4.79. The molecule has 36 heavy (non-hydrogen) atoms. The fourth-order valence-electron chi connectivity index (χ4n) is 4.45. The van der Waals surface area contributed by atoms with Gasteiger partial charge in [-0.2, -0.15) is 5.10 Å². The van der Waals surface area contributed by atoms with Crippen molar-refractivity contribution in [2.45, 2.75) is 31.5 Å². The minimum absolute atomic E-state index is 0.0258. The summed E-state index contributed by atoms with van der Waals surface area (Å²) in [6, 6.07) is 10.4. The van der Waals surface area contributed by atoms with E-state index >= 15 is 0 Å². The van der Waals surface area contributed by atoms with Gasteiger partial charge in [-0.25, -0.2) is 14.1 Å². The van der Waals surface area contributed by atoms with Crippen molar-refractivity contribution in [3.8, 4) is 5.69 Å². The van der Waals surface area contributed by atoms with Gasteiger partial charge < -0.3 is 5.11 Å². The molecule has 0 amide bonds. The van der Waals surface area contributed by atoms with Crippen LogP contribution in [0.2, 0.25) is 0 Å². The summed E-state index contributed by atoms with van der Waals surface area (Å²) in [5, 5.41) is 26.7. The highest BCUT2D eigenvalue weighted by Gasteiger charge is 2.33. The molecule has 186 valence electrons. The minimum atomic E-state index is -1.07. The molecule has 1 aliphatic heterocycles. The summed E-state index contributed by atoms with van der Waals surface area (Å²) < 4.78 is 16.8. The number of fused-ring (bicyclic) bond motifs is 1. The fraction of sp³-hybridized carbons (Fsp3) is 0.292. The number of nitro groups is 1. The molecule has 3 heterocycles. The molecule has 1 N–H and O–H groups in total. The first kappa shape index (κ1) is 24.2. The number of aliphatic hydroxyl groups is 1. The molecule has 0 radical (unpaired) electrons. The van der Waals surface area contributed by atoms with E-state index in [0.29, 0.717) is 53.7 Å². The van der Waals surface area contributed by atoms with Gasteiger partial charge in [0.05, 0.1) is 29.0 Å². The number of halogens is 2. The molecule has 1 saturated heterocycles. The summed E-state index contributed by atoms with van der Waals surface area (Å²) in [5.41, 5.74) is 0.516. The number of benzene rings is 2. The first-order chi connectivity index (χ1) is 17.2. The van der Waals surface area contributed by atoms with Crippen LogP contribution in [0.25, 0.3) is 16.7 Å². The molecule has 5 rings (SSSR count). The van der Waals surface area contributed by atoms with Crippen molar-refractivity contribution in [2.24, 2.45) is 0 Å². The zero-order valence-corrected chi connectivity index (χ0v) is 20.6. The Labute approximate surface area is 212 Å². The van der Waals surface area contributed by atoms with Crippen LogP contribution in [0, 0.1) is 15.9 Å². The van der Waals surface area contributed by atoms with E-state index in [1.807, 2.05) is 0 Å². The summed E-state index contributed by atoms with van der Waals surface area (Å²) in [6.45, 7) is 1.90. The quantitative estimate of drug-likeness (QED) is 0.285. The largest absolute Gasteiger partial charge is 0.388 e. The monoisotopic (exact) mass is 556 g/mol. The van der Waals surface area contributed by atoms with Gasteiger partial charge in [0.2, 0.25) is 0 Å². The van der Waals surface area contributed by atoms with E-state index in [1.54, 1.807) is 18.2 Å². The normalized spacial score (nSPS) is 15.9. The Kier molecular flexibility index (Phi) is 6.41. The van der Waals surface area contributed by atoms with E-state index in [0.717, 1.165) is 5.56 Å². The van der Waals surface area contributed by atoms with Crippen LogP contribution in [0.4, 0.5) is 10.1 Å². The molecule has 1 aliphatic rings. The van der Waals surface area contributed by atoms with Crippen LogP contribution in [-0.2, 0) is 13.1 Å². The molecule has 0 bridgehead atoms. The van der Waals surface area contributed by atoms with Crippen LogP contribution in [0.1, 0.15) is 18.4 Å². The van der Waals surface area contributed by atoms with Crippen molar-refractivity contribution in [1.82, 2.24) is 24.2 Å². The zero-order chi connectivity index (χ0) is 25.4. The number of hydrogen-bond donors (Lipinski definition) is 1. The Morgan fingerprint density at radius 1 is 1.17 bits per heavy atom. The van der Waals surface area contributed by atoms with Crippen molar-refractivity contribution < 1.29 is 14.4 Å². The molecule has 10 nitrogen and oxygen atoms in total. The van der Waals surface area contributed by atoms with E-state index in [-0.39, 0.29) is 23.6 Å². The van der Waals surface area contributed by atoms with Gasteiger partial charge in [0, 0.05) is 36.2 Å². The molecular formula is C24H22BrFN6O4. The molecule has 0 aliphatic carbocycles. The maximum atomic E-state index is 13.3. The van der Waals surface area contributed by atoms with Gasteiger partial charge in [-0.1, -0.05) is 15.9 Å². The van der Waals surface area contributed by atoms with Crippen LogP contribution in [0.5, 0.6) is 0 Å². The Bertz CT molecular complexity index is 1500. The number of nitro benzene ring substituents is 1. The van der Waals surface area contributed by atoms with Gasteiger partial charge in [-0.15, -0.1) is 0 Å². The lowest BCUT2D eigenvalue weighted by Crippen LogP contribution is -2.47. The molecule has 2 aromatic carbocycles. The predicted octanol–water partition coefficient (Wildman–Crippen LogP) is 3.42. The Hall–Kier alpha value is -3.48. The number of piperidine rings is 1. The van der Waals surface area contributed by atoms with Gasteiger partial charge >= 0.3 is 0 Å². The van der Waals surface area contributed by atoms with Crippen LogP contribution >= 0.6 is 15.9 Å². The molecule has 0 spiro atoms. The first-order valence-electron chi connectivity index (χ1n) is 11.3. The van der Waals surface area contributed by atoms with Gasteiger partial charge in [0.25, 0.3) is 11.2 Å². The molecule has 0 saturated carbocycles. The van der Waals surface area contributed by atoms with Crippen molar-refractivity contribution in [1.29, 1.82) is 0 Å². The first-order valence-corrected chi connectivity index (χ1v) is 12.1. The predicted molar refractivity (Wildman–Crippen MR) is 133 cm³/mol. The number of nitrogens with zero attached hydrogens (tertiary/aromatic N) is 6. The molecule has 1 fully saturated rings. The molecule has 0 atom stereocenters. The minimum Gasteiger partial charge on any atom is -0.388 e. The van der Waals surface area contributed by atoms with E-state index < -0.39 is 10.5 Å². The van der Waals surface area contributed by atoms with Gasteiger partial charge in [-0.05, 0) is 48.7 Å².